The molecule has 190 valence electrons. The maximum absolute atomic E-state index is 13.5. The number of amides is 1. The number of benzene rings is 1. The zero-order chi connectivity index (χ0) is 26.9. The average Bonchev–Trinajstić information content (AvgIpc) is 3.15. The molecule has 4 heteroatoms. The molecule has 1 aromatic heterocycles. The Hall–Kier alpha value is -4.18. The number of aliphatic imine (C=N–C) groups is 1. The molecule has 5 rings (SSSR count). The summed E-state index contributed by atoms with van der Waals surface area (Å²) in [4.78, 5) is 20.2. The van der Waals surface area contributed by atoms with Crippen LogP contribution in [0.15, 0.2) is 90.8 Å². The minimum atomic E-state index is -0.0873. The Bertz CT molecular complexity index is 1460. The molecule has 0 saturated heterocycles. The molecule has 0 N–H and O–H groups in total. The third-order valence-electron chi connectivity index (χ3n) is 6.37. The SMILES string of the molecule is C=C.C=C/C=C(\CC)N1C(=O)C(=NC2=CC=c3c(c4c(n3C)C=CCC=C4)=CC2)c2ccccc21.CC. The first kappa shape index (κ1) is 27.4. The highest BCUT2D eigenvalue weighted by molar-refractivity contribution is 6.55. The number of nitrogens with zero attached hydrogens (tertiary/aromatic N) is 3. The summed E-state index contributed by atoms with van der Waals surface area (Å²) >= 11 is 0. The lowest BCUT2D eigenvalue weighted by Gasteiger charge is -2.19. The molecule has 2 aromatic rings. The molecule has 0 atom stereocenters. The van der Waals surface area contributed by atoms with Gasteiger partial charge in [0.15, 0.2) is 0 Å². The monoisotopic (exact) mass is 491 g/mol. The van der Waals surface area contributed by atoms with E-state index < -0.39 is 0 Å². The van der Waals surface area contributed by atoms with E-state index in [9.17, 15) is 4.79 Å². The summed E-state index contributed by atoms with van der Waals surface area (Å²) in [5.74, 6) is -0.0873. The van der Waals surface area contributed by atoms with Gasteiger partial charge < -0.3 is 4.57 Å². The van der Waals surface area contributed by atoms with E-state index in [-0.39, 0.29) is 5.91 Å². The molecule has 0 saturated carbocycles. The van der Waals surface area contributed by atoms with Crippen molar-refractivity contribution in [2.24, 2.45) is 12.0 Å². The highest BCUT2D eigenvalue weighted by Gasteiger charge is 2.35. The molecule has 0 bridgehead atoms. The number of carbonyl (C=O) groups is 1. The number of fused-ring (bicyclic) bond motifs is 4. The van der Waals surface area contributed by atoms with Crippen LogP contribution in [-0.2, 0) is 11.8 Å². The van der Waals surface area contributed by atoms with E-state index in [4.69, 9.17) is 4.99 Å². The fourth-order valence-electron chi connectivity index (χ4n) is 4.76. The number of aromatic nitrogens is 1. The van der Waals surface area contributed by atoms with Gasteiger partial charge in [0, 0.05) is 52.3 Å². The Balaban J connectivity index is 0.000000907. The van der Waals surface area contributed by atoms with Crippen LogP contribution in [0.4, 0.5) is 5.69 Å². The van der Waals surface area contributed by atoms with Crippen molar-refractivity contribution in [2.45, 2.75) is 40.0 Å². The topological polar surface area (TPSA) is 37.6 Å². The van der Waals surface area contributed by atoms with Crippen LogP contribution in [0.25, 0.3) is 24.3 Å². The molecule has 1 aromatic carbocycles. The lowest BCUT2D eigenvalue weighted by molar-refractivity contribution is -0.111. The van der Waals surface area contributed by atoms with Crippen LogP contribution in [-0.4, -0.2) is 16.2 Å². The van der Waals surface area contributed by atoms with Gasteiger partial charge in [0.2, 0.25) is 0 Å². The van der Waals surface area contributed by atoms with Gasteiger partial charge in [-0.25, -0.2) is 4.99 Å². The van der Waals surface area contributed by atoms with E-state index >= 15 is 0 Å². The Kier molecular flexibility index (Phi) is 9.39. The number of rotatable bonds is 4. The molecule has 0 fully saturated rings. The molecular formula is C33H37N3O. The van der Waals surface area contributed by atoms with Crippen LogP contribution < -0.4 is 15.5 Å². The minimum Gasteiger partial charge on any atom is -0.344 e. The smallest absolute Gasteiger partial charge is 0.281 e. The summed E-state index contributed by atoms with van der Waals surface area (Å²) < 4.78 is 2.23. The van der Waals surface area contributed by atoms with Crippen LogP contribution in [0, 0.1) is 0 Å². The summed E-state index contributed by atoms with van der Waals surface area (Å²) in [5.41, 5.74) is 6.50. The van der Waals surface area contributed by atoms with Crippen molar-refractivity contribution >= 4 is 41.6 Å². The van der Waals surface area contributed by atoms with E-state index in [0.29, 0.717) is 12.1 Å². The third kappa shape index (κ3) is 5.19. The van der Waals surface area contributed by atoms with Crippen LogP contribution in [0.3, 0.4) is 0 Å². The van der Waals surface area contributed by atoms with Crippen molar-refractivity contribution < 1.29 is 4.79 Å². The molecule has 0 radical (unpaired) electrons. The molecule has 0 unspecified atom stereocenters. The standard InChI is InChI=1S/C29H27N3O.C2H6.C2H4/c1-4-11-21(5-2)32-27-15-10-9-13-24(27)28(29(32)33)30-20-16-18-23-22-12-7-6-8-14-25(22)31(3)26(23)19-17-20;2*1-2/h4,7-15,17-19H,1,5-6,16H2,2-3H3;1-2H3;1-2H2/b21-11+,30-28?;;. The third-order valence-corrected chi connectivity index (χ3v) is 6.37. The van der Waals surface area contributed by atoms with Gasteiger partial charge in [-0.3, -0.25) is 9.69 Å². The lowest BCUT2D eigenvalue weighted by atomic mass is 10.1. The summed E-state index contributed by atoms with van der Waals surface area (Å²) in [7, 11) is 2.10. The number of hydrogen-bond acceptors (Lipinski definition) is 2. The highest BCUT2D eigenvalue weighted by atomic mass is 16.2. The van der Waals surface area contributed by atoms with Crippen molar-refractivity contribution in [1.29, 1.82) is 0 Å². The van der Waals surface area contributed by atoms with Crippen molar-refractivity contribution in [3.8, 4) is 0 Å². The van der Waals surface area contributed by atoms with E-state index in [1.54, 1.807) is 11.0 Å². The molecule has 3 aliphatic rings. The summed E-state index contributed by atoms with van der Waals surface area (Å²) in [6.45, 7) is 15.9. The second-order valence-electron chi connectivity index (χ2n) is 8.30. The molecule has 2 aliphatic carbocycles. The molecule has 1 aliphatic heterocycles. The molecule has 2 heterocycles. The van der Waals surface area contributed by atoms with Crippen LogP contribution in [0.2, 0.25) is 0 Å². The normalized spacial score (nSPS) is 16.4. The Labute approximate surface area is 221 Å². The first-order valence-corrected chi connectivity index (χ1v) is 12.9. The average molecular weight is 492 g/mol. The first-order valence-electron chi connectivity index (χ1n) is 12.9. The predicted molar refractivity (Wildman–Crippen MR) is 161 cm³/mol. The van der Waals surface area contributed by atoms with Gasteiger partial charge in [-0.1, -0.05) is 75.9 Å². The Morgan fingerprint density at radius 1 is 1.11 bits per heavy atom. The number of hydrogen-bond donors (Lipinski definition) is 0. The minimum absolute atomic E-state index is 0.0873. The van der Waals surface area contributed by atoms with E-state index in [0.717, 1.165) is 40.8 Å². The summed E-state index contributed by atoms with van der Waals surface area (Å²) in [6.07, 6.45) is 21.1. The number of para-hydroxylation sites is 1. The summed E-state index contributed by atoms with van der Waals surface area (Å²) in [6, 6.07) is 7.87. The number of carbonyl (C=O) groups excluding carboxylic acids is 1. The van der Waals surface area contributed by atoms with E-state index in [1.165, 1.54) is 16.5 Å². The summed E-state index contributed by atoms with van der Waals surface area (Å²) in [5, 5.41) is 2.39. The van der Waals surface area contributed by atoms with Crippen LogP contribution >= 0.6 is 0 Å². The number of allylic oxidation sites excluding steroid dienone is 7. The molecule has 1 amide bonds. The largest absolute Gasteiger partial charge is 0.344 e. The molecule has 37 heavy (non-hydrogen) atoms. The zero-order valence-electron chi connectivity index (χ0n) is 22.5. The molecule has 0 spiro atoms. The van der Waals surface area contributed by atoms with Crippen molar-refractivity contribution in [2.75, 3.05) is 4.90 Å². The maximum atomic E-state index is 13.5. The fourth-order valence-corrected chi connectivity index (χ4v) is 4.76. The predicted octanol–water partition coefficient (Wildman–Crippen LogP) is 6.45. The van der Waals surface area contributed by atoms with Gasteiger partial charge in [-0.2, -0.15) is 0 Å². The number of anilines is 1. The van der Waals surface area contributed by atoms with Gasteiger partial charge in [-0.05, 0) is 43.2 Å². The van der Waals surface area contributed by atoms with Gasteiger partial charge in [0.25, 0.3) is 5.91 Å². The van der Waals surface area contributed by atoms with Crippen LogP contribution in [0.1, 0.15) is 56.9 Å². The second kappa shape index (κ2) is 12.7. The molecule has 4 nitrogen and oxygen atoms in total. The van der Waals surface area contributed by atoms with Gasteiger partial charge in [0.1, 0.15) is 5.71 Å². The quantitative estimate of drug-likeness (QED) is 0.358. The van der Waals surface area contributed by atoms with Crippen LogP contribution in [0.5, 0.6) is 0 Å². The van der Waals surface area contributed by atoms with Crippen molar-refractivity contribution in [3.05, 3.63) is 113 Å². The lowest BCUT2D eigenvalue weighted by Crippen LogP contribution is -2.29. The van der Waals surface area contributed by atoms with Crippen molar-refractivity contribution in [3.63, 3.8) is 0 Å². The fraction of sp³-hybridized carbons (Fsp3) is 0.212. The molecular weight excluding hydrogens is 454 g/mol. The zero-order valence-corrected chi connectivity index (χ0v) is 22.5. The van der Waals surface area contributed by atoms with Crippen molar-refractivity contribution in [1.82, 2.24) is 4.57 Å². The van der Waals surface area contributed by atoms with Gasteiger partial charge in [-0.15, -0.1) is 13.2 Å². The van der Waals surface area contributed by atoms with E-state index in [1.807, 2.05) is 57.2 Å². The highest BCUT2D eigenvalue weighted by Crippen LogP contribution is 2.34. The van der Waals surface area contributed by atoms with Gasteiger partial charge in [0.05, 0.1) is 5.69 Å². The van der Waals surface area contributed by atoms with Gasteiger partial charge >= 0.3 is 0 Å². The first-order chi connectivity index (χ1) is 18.1. The Morgan fingerprint density at radius 3 is 2.57 bits per heavy atom. The second-order valence-corrected chi connectivity index (χ2v) is 8.30. The Morgan fingerprint density at radius 2 is 1.84 bits per heavy atom. The maximum Gasteiger partial charge on any atom is 0.281 e. The van der Waals surface area contributed by atoms with E-state index in [2.05, 4.69) is 67.8 Å².